The molecule has 0 spiro atoms. The molecule has 2 aromatic rings. The molecular formula is C16H16N2O2. The lowest BCUT2D eigenvalue weighted by molar-refractivity contribution is 0.0987. The second-order valence-corrected chi connectivity index (χ2v) is 5.07. The molecule has 0 aliphatic carbocycles. The minimum atomic E-state index is -0.188. The van der Waals surface area contributed by atoms with Crippen molar-refractivity contribution in [2.45, 2.75) is 13.3 Å². The molecule has 1 aliphatic rings. The van der Waals surface area contributed by atoms with Crippen molar-refractivity contribution in [3.05, 3.63) is 53.1 Å². The van der Waals surface area contributed by atoms with Gasteiger partial charge in [0.05, 0.1) is 5.56 Å². The molecule has 0 saturated heterocycles. The fourth-order valence-corrected chi connectivity index (χ4v) is 2.64. The van der Waals surface area contributed by atoms with Gasteiger partial charge in [-0.15, -0.1) is 0 Å². The number of amides is 1. The van der Waals surface area contributed by atoms with Crippen LogP contribution >= 0.6 is 0 Å². The number of hydrogen-bond donors (Lipinski definition) is 2. The molecule has 20 heavy (non-hydrogen) atoms. The number of aryl methyl sites for hydroxylation is 1. The van der Waals surface area contributed by atoms with Crippen LogP contribution in [0.15, 0.2) is 36.4 Å². The highest BCUT2D eigenvalue weighted by Gasteiger charge is 2.28. The zero-order valence-electron chi connectivity index (χ0n) is 11.3. The summed E-state index contributed by atoms with van der Waals surface area (Å²) in [6.07, 6.45) is 0.750. The molecule has 1 amide bonds. The average molecular weight is 268 g/mol. The van der Waals surface area contributed by atoms with Gasteiger partial charge in [0.2, 0.25) is 0 Å². The molecule has 102 valence electrons. The third kappa shape index (κ3) is 1.90. The van der Waals surface area contributed by atoms with Crippen molar-refractivity contribution < 1.29 is 9.90 Å². The molecule has 0 atom stereocenters. The Bertz CT molecular complexity index is 695. The van der Waals surface area contributed by atoms with Crippen LogP contribution in [0.2, 0.25) is 0 Å². The SMILES string of the molecule is Cc1ccc(C(=O)N2CCc3c(N)cccc32)c(O)c1. The molecule has 0 saturated carbocycles. The second kappa shape index (κ2) is 4.56. The number of rotatable bonds is 1. The Morgan fingerprint density at radius 3 is 2.85 bits per heavy atom. The largest absolute Gasteiger partial charge is 0.507 e. The lowest BCUT2D eigenvalue weighted by Gasteiger charge is -2.18. The maximum atomic E-state index is 12.6. The van der Waals surface area contributed by atoms with Crippen molar-refractivity contribution >= 4 is 17.3 Å². The van der Waals surface area contributed by atoms with Gasteiger partial charge in [-0.1, -0.05) is 12.1 Å². The summed E-state index contributed by atoms with van der Waals surface area (Å²) >= 11 is 0. The van der Waals surface area contributed by atoms with Crippen molar-refractivity contribution in [3.63, 3.8) is 0 Å². The van der Waals surface area contributed by atoms with Crippen molar-refractivity contribution in [1.29, 1.82) is 0 Å². The van der Waals surface area contributed by atoms with Crippen LogP contribution in [-0.2, 0) is 6.42 Å². The quantitative estimate of drug-likeness (QED) is 0.781. The van der Waals surface area contributed by atoms with Crippen LogP contribution in [0.5, 0.6) is 5.75 Å². The average Bonchev–Trinajstić information content (AvgIpc) is 2.83. The second-order valence-electron chi connectivity index (χ2n) is 5.07. The zero-order valence-corrected chi connectivity index (χ0v) is 11.3. The number of aromatic hydroxyl groups is 1. The highest BCUT2D eigenvalue weighted by molar-refractivity contribution is 6.09. The van der Waals surface area contributed by atoms with Crippen molar-refractivity contribution in [2.24, 2.45) is 0 Å². The molecule has 0 bridgehead atoms. The predicted molar refractivity (Wildman–Crippen MR) is 79.1 cm³/mol. The first-order valence-corrected chi connectivity index (χ1v) is 6.57. The predicted octanol–water partition coefficient (Wildman–Crippen LogP) is 2.49. The standard InChI is InChI=1S/C16H16N2O2/c1-10-5-6-12(15(19)9-10)16(20)18-8-7-11-13(17)3-2-4-14(11)18/h2-6,9,19H,7-8,17H2,1H3. The number of anilines is 2. The molecule has 4 heteroatoms. The first-order valence-electron chi connectivity index (χ1n) is 6.57. The number of phenols is 1. The summed E-state index contributed by atoms with van der Waals surface area (Å²) in [6, 6.07) is 10.7. The fraction of sp³-hybridized carbons (Fsp3) is 0.188. The van der Waals surface area contributed by atoms with Gasteiger partial charge < -0.3 is 15.7 Å². The maximum Gasteiger partial charge on any atom is 0.262 e. The number of carbonyl (C=O) groups is 1. The Morgan fingerprint density at radius 2 is 2.10 bits per heavy atom. The number of benzene rings is 2. The highest BCUT2D eigenvalue weighted by Crippen LogP contribution is 2.34. The first-order chi connectivity index (χ1) is 9.58. The number of fused-ring (bicyclic) bond motifs is 1. The summed E-state index contributed by atoms with van der Waals surface area (Å²) < 4.78 is 0. The van der Waals surface area contributed by atoms with Crippen molar-refractivity contribution in [1.82, 2.24) is 0 Å². The summed E-state index contributed by atoms with van der Waals surface area (Å²) in [6.45, 7) is 2.47. The van der Waals surface area contributed by atoms with Crippen molar-refractivity contribution in [2.75, 3.05) is 17.2 Å². The Morgan fingerprint density at radius 1 is 1.30 bits per heavy atom. The lowest BCUT2D eigenvalue weighted by atomic mass is 10.1. The summed E-state index contributed by atoms with van der Waals surface area (Å²) in [4.78, 5) is 14.3. The van der Waals surface area contributed by atoms with Gasteiger partial charge in [-0.05, 0) is 43.2 Å². The van der Waals surface area contributed by atoms with Crippen LogP contribution in [0.3, 0.4) is 0 Å². The lowest BCUT2D eigenvalue weighted by Crippen LogP contribution is -2.28. The van der Waals surface area contributed by atoms with Crippen LogP contribution in [0.1, 0.15) is 21.5 Å². The van der Waals surface area contributed by atoms with E-state index >= 15 is 0 Å². The topological polar surface area (TPSA) is 66.6 Å². The smallest absolute Gasteiger partial charge is 0.262 e. The van der Waals surface area contributed by atoms with E-state index in [0.717, 1.165) is 23.2 Å². The van der Waals surface area contributed by atoms with Gasteiger partial charge in [0, 0.05) is 23.5 Å². The molecule has 1 aliphatic heterocycles. The molecule has 0 aromatic heterocycles. The fourth-order valence-electron chi connectivity index (χ4n) is 2.64. The van der Waals surface area contributed by atoms with Crippen LogP contribution in [0, 0.1) is 6.92 Å². The van der Waals surface area contributed by atoms with E-state index in [1.54, 1.807) is 17.0 Å². The number of hydrogen-bond acceptors (Lipinski definition) is 3. The van der Waals surface area contributed by atoms with Crippen LogP contribution in [-0.4, -0.2) is 17.6 Å². The Labute approximate surface area is 117 Å². The number of nitrogens with zero attached hydrogens (tertiary/aromatic N) is 1. The van der Waals surface area contributed by atoms with Crippen LogP contribution < -0.4 is 10.6 Å². The normalized spacial score (nSPS) is 13.3. The minimum Gasteiger partial charge on any atom is -0.507 e. The van der Waals surface area contributed by atoms with Crippen LogP contribution in [0.25, 0.3) is 0 Å². The number of nitrogens with two attached hydrogens (primary N) is 1. The summed E-state index contributed by atoms with van der Waals surface area (Å²) in [5, 5.41) is 9.95. The molecule has 3 N–H and O–H groups in total. The van der Waals surface area contributed by atoms with Gasteiger partial charge in [0.1, 0.15) is 5.75 Å². The molecule has 3 rings (SSSR count). The van der Waals surface area contributed by atoms with E-state index in [9.17, 15) is 9.90 Å². The van der Waals surface area contributed by atoms with E-state index in [1.165, 1.54) is 0 Å². The van der Waals surface area contributed by atoms with Gasteiger partial charge in [-0.3, -0.25) is 4.79 Å². The molecule has 0 fully saturated rings. The zero-order chi connectivity index (χ0) is 14.3. The van der Waals surface area contributed by atoms with Gasteiger partial charge >= 0.3 is 0 Å². The molecule has 0 unspecified atom stereocenters. The molecule has 0 radical (unpaired) electrons. The maximum absolute atomic E-state index is 12.6. The van der Waals surface area contributed by atoms with E-state index in [1.807, 2.05) is 31.2 Å². The molecule has 4 nitrogen and oxygen atoms in total. The van der Waals surface area contributed by atoms with Gasteiger partial charge in [0.25, 0.3) is 5.91 Å². The third-order valence-corrected chi connectivity index (χ3v) is 3.69. The monoisotopic (exact) mass is 268 g/mol. The Balaban J connectivity index is 2.00. The van der Waals surface area contributed by atoms with Gasteiger partial charge in [-0.25, -0.2) is 0 Å². The van der Waals surface area contributed by atoms with E-state index in [4.69, 9.17) is 5.73 Å². The molecular weight excluding hydrogens is 252 g/mol. The summed E-state index contributed by atoms with van der Waals surface area (Å²) in [7, 11) is 0. The molecule has 2 aromatic carbocycles. The minimum absolute atomic E-state index is 0.0207. The van der Waals surface area contributed by atoms with E-state index < -0.39 is 0 Å². The van der Waals surface area contributed by atoms with E-state index in [0.29, 0.717) is 17.8 Å². The summed E-state index contributed by atoms with van der Waals surface area (Å²) in [5.74, 6) is -0.167. The van der Waals surface area contributed by atoms with Crippen LogP contribution in [0.4, 0.5) is 11.4 Å². The molecule has 1 heterocycles. The van der Waals surface area contributed by atoms with Gasteiger partial charge in [-0.2, -0.15) is 0 Å². The Kier molecular flexibility index (Phi) is 2.86. The van der Waals surface area contributed by atoms with E-state index in [-0.39, 0.29) is 11.7 Å². The highest BCUT2D eigenvalue weighted by atomic mass is 16.3. The van der Waals surface area contributed by atoms with Crippen molar-refractivity contribution in [3.8, 4) is 5.75 Å². The third-order valence-electron chi connectivity index (χ3n) is 3.69. The number of nitrogen functional groups attached to an aromatic ring is 1. The van der Waals surface area contributed by atoms with E-state index in [2.05, 4.69) is 0 Å². The summed E-state index contributed by atoms with van der Waals surface area (Å²) in [5.41, 5.74) is 9.74. The van der Waals surface area contributed by atoms with Gasteiger partial charge in [0.15, 0.2) is 0 Å². The number of carbonyl (C=O) groups excluding carboxylic acids is 1. The first kappa shape index (κ1) is 12.5. The number of phenolic OH excluding ortho intramolecular Hbond substituents is 1. The Hall–Kier alpha value is -2.49.